The Morgan fingerprint density at radius 1 is 1.43 bits per heavy atom. The van der Waals surface area contributed by atoms with Gasteiger partial charge in [0.15, 0.2) is 0 Å². The molecule has 0 atom stereocenters. The smallest absolute Gasteiger partial charge is 0.307 e. The Morgan fingerprint density at radius 2 is 2.07 bits per heavy atom. The lowest BCUT2D eigenvalue weighted by Gasteiger charge is -2.11. The monoisotopic (exact) mass is 212 g/mol. The van der Waals surface area contributed by atoms with Crippen LogP contribution in [0.1, 0.15) is 22.3 Å². The molecule has 1 rings (SSSR count). The molecule has 0 fully saturated rings. The van der Waals surface area contributed by atoms with Crippen molar-refractivity contribution in [3.8, 4) is 0 Å². The zero-order valence-corrected chi connectivity index (χ0v) is 9.06. The highest BCUT2D eigenvalue weighted by Crippen LogP contribution is 2.20. The van der Waals surface area contributed by atoms with Crippen molar-refractivity contribution < 1.29 is 9.90 Å². The molecule has 3 heteroatoms. The summed E-state index contributed by atoms with van der Waals surface area (Å²) in [5.74, 6) is -0.450. The topological polar surface area (TPSA) is 37.3 Å². The van der Waals surface area contributed by atoms with E-state index >= 15 is 0 Å². The van der Waals surface area contributed by atoms with Gasteiger partial charge >= 0.3 is 5.97 Å². The SMILES string of the molecule is Cc1ccc(CCl)c(CC(=O)O)c1C. The molecule has 0 heterocycles. The predicted molar refractivity (Wildman–Crippen MR) is 56.8 cm³/mol. The van der Waals surface area contributed by atoms with Gasteiger partial charge in [-0.15, -0.1) is 11.6 Å². The maximum Gasteiger partial charge on any atom is 0.307 e. The summed E-state index contributed by atoms with van der Waals surface area (Å²) in [6, 6.07) is 3.87. The van der Waals surface area contributed by atoms with Gasteiger partial charge in [-0.05, 0) is 36.1 Å². The van der Waals surface area contributed by atoms with Crippen LogP contribution in [0.4, 0.5) is 0 Å². The summed E-state index contributed by atoms with van der Waals surface area (Å²) >= 11 is 5.75. The van der Waals surface area contributed by atoms with Crippen LogP contribution in [0.15, 0.2) is 12.1 Å². The molecule has 0 spiro atoms. The number of aliphatic carboxylic acids is 1. The number of benzene rings is 1. The number of carboxylic acids is 1. The van der Waals surface area contributed by atoms with Gasteiger partial charge in [0, 0.05) is 5.88 Å². The van der Waals surface area contributed by atoms with E-state index in [2.05, 4.69) is 0 Å². The van der Waals surface area contributed by atoms with E-state index in [0.29, 0.717) is 5.88 Å². The maximum absolute atomic E-state index is 10.7. The van der Waals surface area contributed by atoms with Gasteiger partial charge in [-0.25, -0.2) is 0 Å². The summed E-state index contributed by atoms with van der Waals surface area (Å²) in [6.45, 7) is 3.91. The van der Waals surface area contributed by atoms with E-state index in [9.17, 15) is 4.79 Å². The molecule has 1 aromatic carbocycles. The van der Waals surface area contributed by atoms with Crippen LogP contribution in [0.5, 0.6) is 0 Å². The molecular formula is C11H13ClO2. The van der Waals surface area contributed by atoms with Crippen molar-refractivity contribution in [3.05, 3.63) is 34.4 Å². The van der Waals surface area contributed by atoms with Gasteiger partial charge in [0.1, 0.15) is 0 Å². The van der Waals surface area contributed by atoms with Crippen LogP contribution >= 0.6 is 11.6 Å². The lowest BCUT2D eigenvalue weighted by Crippen LogP contribution is -2.06. The Morgan fingerprint density at radius 3 is 2.57 bits per heavy atom. The summed E-state index contributed by atoms with van der Waals surface area (Å²) in [5, 5.41) is 8.76. The van der Waals surface area contributed by atoms with Crippen LogP contribution < -0.4 is 0 Å². The summed E-state index contributed by atoms with van der Waals surface area (Å²) in [7, 11) is 0. The average Bonchev–Trinajstić information content (AvgIpc) is 2.13. The summed E-state index contributed by atoms with van der Waals surface area (Å²) in [5.41, 5.74) is 3.91. The molecule has 0 radical (unpaired) electrons. The van der Waals surface area contributed by atoms with Gasteiger partial charge in [-0.1, -0.05) is 12.1 Å². The van der Waals surface area contributed by atoms with Crippen LogP contribution in [0.25, 0.3) is 0 Å². The molecule has 0 amide bonds. The van der Waals surface area contributed by atoms with E-state index in [1.54, 1.807) is 0 Å². The van der Waals surface area contributed by atoms with Gasteiger partial charge in [-0.2, -0.15) is 0 Å². The zero-order chi connectivity index (χ0) is 10.7. The number of carbonyl (C=O) groups is 1. The lowest BCUT2D eigenvalue weighted by molar-refractivity contribution is -0.136. The van der Waals surface area contributed by atoms with E-state index < -0.39 is 5.97 Å². The van der Waals surface area contributed by atoms with Crippen molar-refractivity contribution in [2.24, 2.45) is 0 Å². The number of carboxylic acid groups (broad SMARTS) is 1. The van der Waals surface area contributed by atoms with Crippen molar-refractivity contribution in [1.29, 1.82) is 0 Å². The van der Waals surface area contributed by atoms with Crippen molar-refractivity contribution in [1.82, 2.24) is 0 Å². The molecule has 0 aliphatic rings. The number of halogens is 1. The first-order chi connectivity index (χ1) is 6.56. The molecule has 14 heavy (non-hydrogen) atoms. The van der Waals surface area contributed by atoms with Gasteiger partial charge in [0.25, 0.3) is 0 Å². The molecule has 1 aromatic rings. The molecule has 0 bridgehead atoms. The number of hydrogen-bond acceptors (Lipinski definition) is 1. The van der Waals surface area contributed by atoms with Crippen LogP contribution in [0, 0.1) is 13.8 Å². The van der Waals surface area contributed by atoms with Crippen molar-refractivity contribution in [2.45, 2.75) is 26.1 Å². The Kier molecular flexibility index (Phi) is 3.53. The van der Waals surface area contributed by atoms with Gasteiger partial charge < -0.3 is 5.11 Å². The van der Waals surface area contributed by atoms with E-state index in [1.807, 2.05) is 26.0 Å². The third kappa shape index (κ3) is 2.26. The van der Waals surface area contributed by atoms with E-state index in [4.69, 9.17) is 16.7 Å². The molecule has 1 N–H and O–H groups in total. The lowest BCUT2D eigenvalue weighted by atomic mass is 9.96. The number of hydrogen-bond donors (Lipinski definition) is 1. The highest BCUT2D eigenvalue weighted by Gasteiger charge is 2.10. The fourth-order valence-electron chi connectivity index (χ4n) is 1.45. The van der Waals surface area contributed by atoms with Crippen LogP contribution in [0.3, 0.4) is 0 Å². The third-order valence-electron chi connectivity index (χ3n) is 2.44. The first-order valence-corrected chi connectivity index (χ1v) is 4.95. The standard InChI is InChI=1S/C11H13ClO2/c1-7-3-4-9(6-12)10(8(7)2)5-11(13)14/h3-4H,5-6H2,1-2H3,(H,13,14). The quantitative estimate of drug-likeness (QED) is 0.783. The highest BCUT2D eigenvalue weighted by atomic mass is 35.5. The summed E-state index contributed by atoms with van der Waals surface area (Å²) in [4.78, 5) is 10.7. The zero-order valence-electron chi connectivity index (χ0n) is 8.30. The summed E-state index contributed by atoms with van der Waals surface area (Å²) in [6.07, 6.45) is 0.0512. The molecule has 0 saturated carbocycles. The summed E-state index contributed by atoms with van der Waals surface area (Å²) < 4.78 is 0. The minimum Gasteiger partial charge on any atom is -0.481 e. The highest BCUT2D eigenvalue weighted by molar-refractivity contribution is 6.17. The van der Waals surface area contributed by atoms with E-state index in [-0.39, 0.29) is 6.42 Å². The minimum atomic E-state index is -0.815. The molecule has 0 saturated heterocycles. The molecule has 0 unspecified atom stereocenters. The molecule has 76 valence electrons. The maximum atomic E-state index is 10.7. The van der Waals surface area contributed by atoms with Crippen LogP contribution in [-0.4, -0.2) is 11.1 Å². The number of rotatable bonds is 3. The second-order valence-corrected chi connectivity index (χ2v) is 3.62. The van der Waals surface area contributed by atoms with Gasteiger partial charge in [0.05, 0.1) is 6.42 Å². The normalized spacial score (nSPS) is 10.2. The molecule has 0 aliphatic heterocycles. The fraction of sp³-hybridized carbons (Fsp3) is 0.364. The number of alkyl halides is 1. The van der Waals surface area contributed by atoms with Gasteiger partial charge in [0.2, 0.25) is 0 Å². The van der Waals surface area contributed by atoms with Crippen molar-refractivity contribution >= 4 is 17.6 Å². The molecule has 2 nitrogen and oxygen atoms in total. The minimum absolute atomic E-state index is 0.0512. The molecule has 0 aliphatic carbocycles. The van der Waals surface area contributed by atoms with Crippen molar-refractivity contribution in [3.63, 3.8) is 0 Å². The molecular weight excluding hydrogens is 200 g/mol. The number of aryl methyl sites for hydroxylation is 1. The van der Waals surface area contributed by atoms with Crippen LogP contribution in [0.2, 0.25) is 0 Å². The third-order valence-corrected chi connectivity index (χ3v) is 2.73. The van der Waals surface area contributed by atoms with Gasteiger partial charge in [-0.3, -0.25) is 4.79 Å². The largest absolute Gasteiger partial charge is 0.481 e. The Balaban J connectivity index is 3.20. The second-order valence-electron chi connectivity index (χ2n) is 3.35. The fourth-order valence-corrected chi connectivity index (χ4v) is 1.70. The predicted octanol–water partition coefficient (Wildman–Crippen LogP) is 2.67. The first-order valence-electron chi connectivity index (χ1n) is 4.42. The molecule has 0 aromatic heterocycles. The van der Waals surface area contributed by atoms with E-state index in [1.165, 1.54) is 0 Å². The Bertz CT molecular complexity index is 359. The van der Waals surface area contributed by atoms with Crippen molar-refractivity contribution in [2.75, 3.05) is 0 Å². The Labute approximate surface area is 88.5 Å². The Hall–Kier alpha value is -1.02. The van der Waals surface area contributed by atoms with E-state index in [0.717, 1.165) is 22.3 Å². The first kappa shape index (κ1) is 11.1. The van der Waals surface area contributed by atoms with Crippen LogP contribution in [-0.2, 0) is 17.1 Å². The second kappa shape index (κ2) is 4.47. The average molecular weight is 213 g/mol.